The van der Waals surface area contributed by atoms with E-state index in [1.165, 1.54) is 5.56 Å². The maximum Gasteiger partial charge on any atom is 0.324 e. The fourth-order valence-electron chi connectivity index (χ4n) is 2.73. The molecule has 0 radical (unpaired) electrons. The molecule has 138 valence electrons. The number of benzene rings is 3. The minimum atomic E-state index is -0.200. The molecule has 0 aromatic heterocycles. The van der Waals surface area contributed by atoms with E-state index in [1.807, 2.05) is 85.8 Å². The Morgan fingerprint density at radius 3 is 2.22 bits per heavy atom. The van der Waals surface area contributed by atoms with Gasteiger partial charge in [0.2, 0.25) is 0 Å². The van der Waals surface area contributed by atoms with Gasteiger partial charge in [-0.25, -0.2) is 4.79 Å². The number of para-hydroxylation sites is 1. The van der Waals surface area contributed by atoms with Crippen molar-refractivity contribution in [3.8, 4) is 5.75 Å². The number of nitrogens with one attached hydrogen (secondary N) is 1. The van der Waals surface area contributed by atoms with Gasteiger partial charge in [0.25, 0.3) is 0 Å². The fourth-order valence-corrected chi connectivity index (χ4v) is 2.73. The fraction of sp³-hybridized carbons (Fsp3) is 0.174. The lowest BCUT2D eigenvalue weighted by Gasteiger charge is -2.23. The minimum absolute atomic E-state index is 0.111. The van der Waals surface area contributed by atoms with Gasteiger partial charge in [-0.2, -0.15) is 0 Å². The normalized spacial score (nSPS) is 10.3. The Kier molecular flexibility index (Phi) is 6.10. The molecule has 4 heteroatoms. The van der Waals surface area contributed by atoms with Crippen LogP contribution in [0, 0.1) is 13.8 Å². The first-order valence-corrected chi connectivity index (χ1v) is 8.98. The van der Waals surface area contributed by atoms with Crippen LogP contribution in [0.25, 0.3) is 0 Å². The van der Waals surface area contributed by atoms with Gasteiger partial charge in [0.1, 0.15) is 5.75 Å². The van der Waals surface area contributed by atoms with Crippen molar-refractivity contribution >= 4 is 11.7 Å². The Balaban J connectivity index is 1.66. The topological polar surface area (TPSA) is 41.6 Å². The third kappa shape index (κ3) is 5.11. The highest BCUT2D eigenvalue weighted by Gasteiger charge is 2.15. The van der Waals surface area contributed by atoms with Crippen LogP contribution in [0.5, 0.6) is 5.75 Å². The molecular formula is C23H24N2O2. The lowest BCUT2D eigenvalue weighted by atomic mass is 10.1. The molecule has 3 aromatic rings. The van der Waals surface area contributed by atoms with Crippen molar-refractivity contribution in [1.82, 2.24) is 5.32 Å². The summed E-state index contributed by atoms with van der Waals surface area (Å²) in [4.78, 5) is 14.5. The van der Waals surface area contributed by atoms with Gasteiger partial charge in [-0.3, -0.25) is 4.90 Å². The molecule has 0 aliphatic heterocycles. The second kappa shape index (κ2) is 8.90. The summed E-state index contributed by atoms with van der Waals surface area (Å²) >= 11 is 0. The van der Waals surface area contributed by atoms with E-state index in [9.17, 15) is 4.79 Å². The predicted molar refractivity (Wildman–Crippen MR) is 109 cm³/mol. The Morgan fingerprint density at radius 1 is 0.889 bits per heavy atom. The van der Waals surface area contributed by atoms with Gasteiger partial charge >= 0.3 is 6.03 Å². The van der Waals surface area contributed by atoms with Crippen molar-refractivity contribution in [2.45, 2.75) is 20.4 Å². The van der Waals surface area contributed by atoms with Crippen LogP contribution >= 0.6 is 0 Å². The summed E-state index contributed by atoms with van der Waals surface area (Å²) in [5.41, 5.74) is 4.27. The van der Waals surface area contributed by atoms with E-state index >= 15 is 0 Å². The van der Waals surface area contributed by atoms with Gasteiger partial charge in [0, 0.05) is 5.69 Å². The van der Waals surface area contributed by atoms with E-state index in [4.69, 9.17) is 4.74 Å². The number of hydrogen-bond acceptors (Lipinski definition) is 2. The van der Waals surface area contributed by atoms with Crippen LogP contribution in [0.3, 0.4) is 0 Å². The Bertz CT molecular complexity index is 879. The molecule has 0 fully saturated rings. The zero-order valence-corrected chi connectivity index (χ0v) is 15.7. The minimum Gasteiger partial charge on any atom is -0.473 e. The zero-order valence-electron chi connectivity index (χ0n) is 15.7. The number of amides is 2. The molecule has 27 heavy (non-hydrogen) atoms. The van der Waals surface area contributed by atoms with Crippen LogP contribution < -0.4 is 15.0 Å². The van der Waals surface area contributed by atoms with Crippen LogP contribution in [0.4, 0.5) is 10.5 Å². The molecule has 2 amide bonds. The zero-order chi connectivity index (χ0) is 19.1. The van der Waals surface area contributed by atoms with E-state index in [1.54, 1.807) is 4.90 Å². The van der Waals surface area contributed by atoms with Gasteiger partial charge in [0.05, 0.1) is 6.54 Å². The number of hydrogen-bond donors (Lipinski definition) is 1. The first-order chi connectivity index (χ1) is 13.1. The van der Waals surface area contributed by atoms with Crippen LogP contribution in [-0.2, 0) is 6.54 Å². The van der Waals surface area contributed by atoms with Crippen molar-refractivity contribution in [3.05, 3.63) is 95.6 Å². The lowest BCUT2D eigenvalue weighted by Crippen LogP contribution is -2.41. The maximum atomic E-state index is 12.8. The molecule has 4 nitrogen and oxygen atoms in total. The highest BCUT2D eigenvalue weighted by atomic mass is 16.5. The SMILES string of the molecule is Cc1ccc(OCNC(=O)N(Cc2ccccc2)c2ccccc2)cc1C. The second-order valence-corrected chi connectivity index (χ2v) is 6.42. The summed E-state index contributed by atoms with van der Waals surface area (Å²) in [6, 6.07) is 25.2. The molecule has 1 N–H and O–H groups in total. The van der Waals surface area contributed by atoms with E-state index < -0.39 is 0 Å². The standard InChI is InChI=1S/C23H24N2O2/c1-18-13-14-22(15-19(18)2)27-17-24-23(26)25(21-11-7-4-8-12-21)16-20-9-5-3-6-10-20/h3-15H,16-17H2,1-2H3,(H,24,26). The number of carbonyl (C=O) groups excluding carboxylic acids is 1. The molecule has 0 aliphatic rings. The Labute approximate surface area is 160 Å². The van der Waals surface area contributed by atoms with Crippen molar-refractivity contribution in [2.75, 3.05) is 11.6 Å². The molecule has 0 saturated heterocycles. The van der Waals surface area contributed by atoms with Gasteiger partial charge in [-0.05, 0) is 54.8 Å². The van der Waals surface area contributed by atoms with Crippen LogP contribution in [0.1, 0.15) is 16.7 Å². The van der Waals surface area contributed by atoms with Crippen LogP contribution in [-0.4, -0.2) is 12.8 Å². The van der Waals surface area contributed by atoms with Gasteiger partial charge in [-0.1, -0.05) is 54.6 Å². The molecule has 0 spiro atoms. The highest BCUT2D eigenvalue weighted by molar-refractivity contribution is 5.91. The lowest BCUT2D eigenvalue weighted by molar-refractivity contribution is 0.229. The van der Waals surface area contributed by atoms with E-state index in [-0.39, 0.29) is 12.8 Å². The molecule has 0 atom stereocenters. The van der Waals surface area contributed by atoms with E-state index in [0.29, 0.717) is 6.54 Å². The largest absolute Gasteiger partial charge is 0.473 e. The number of nitrogens with zero attached hydrogens (tertiary/aromatic N) is 1. The smallest absolute Gasteiger partial charge is 0.324 e. The predicted octanol–water partition coefficient (Wildman–Crippen LogP) is 5.06. The third-order valence-electron chi connectivity index (χ3n) is 4.44. The van der Waals surface area contributed by atoms with Gasteiger partial charge in [0.15, 0.2) is 6.73 Å². The number of anilines is 1. The quantitative estimate of drug-likeness (QED) is 0.625. The monoisotopic (exact) mass is 360 g/mol. The molecule has 0 heterocycles. The van der Waals surface area contributed by atoms with Crippen molar-refractivity contribution < 1.29 is 9.53 Å². The molecule has 0 bridgehead atoms. The number of aryl methyl sites for hydroxylation is 2. The molecular weight excluding hydrogens is 336 g/mol. The third-order valence-corrected chi connectivity index (χ3v) is 4.44. The summed E-state index contributed by atoms with van der Waals surface area (Å²) < 4.78 is 5.69. The molecule has 3 aromatic carbocycles. The summed E-state index contributed by atoms with van der Waals surface area (Å²) in [7, 11) is 0. The van der Waals surface area contributed by atoms with Crippen LogP contribution in [0.15, 0.2) is 78.9 Å². The van der Waals surface area contributed by atoms with E-state index in [2.05, 4.69) is 12.2 Å². The summed E-state index contributed by atoms with van der Waals surface area (Å²) in [6.07, 6.45) is 0. The first kappa shape index (κ1) is 18.5. The highest BCUT2D eigenvalue weighted by Crippen LogP contribution is 2.18. The molecule has 0 unspecified atom stereocenters. The average Bonchev–Trinajstić information content (AvgIpc) is 2.70. The Morgan fingerprint density at radius 2 is 1.56 bits per heavy atom. The average molecular weight is 360 g/mol. The van der Waals surface area contributed by atoms with Gasteiger partial charge < -0.3 is 10.1 Å². The molecule has 0 aliphatic carbocycles. The number of ether oxygens (including phenoxy) is 1. The van der Waals surface area contributed by atoms with Crippen molar-refractivity contribution in [3.63, 3.8) is 0 Å². The second-order valence-electron chi connectivity index (χ2n) is 6.42. The summed E-state index contributed by atoms with van der Waals surface area (Å²) in [5, 5.41) is 2.85. The van der Waals surface area contributed by atoms with Crippen molar-refractivity contribution in [2.24, 2.45) is 0 Å². The van der Waals surface area contributed by atoms with Crippen LogP contribution in [0.2, 0.25) is 0 Å². The number of urea groups is 1. The molecule has 3 rings (SSSR count). The summed E-state index contributed by atoms with van der Waals surface area (Å²) in [6.45, 7) is 4.69. The van der Waals surface area contributed by atoms with E-state index in [0.717, 1.165) is 22.6 Å². The Hall–Kier alpha value is -3.27. The molecule has 0 saturated carbocycles. The first-order valence-electron chi connectivity index (χ1n) is 8.98. The maximum absolute atomic E-state index is 12.8. The number of carbonyl (C=O) groups is 1. The van der Waals surface area contributed by atoms with Gasteiger partial charge in [-0.15, -0.1) is 0 Å². The summed E-state index contributed by atoms with van der Waals surface area (Å²) in [5.74, 6) is 0.743. The van der Waals surface area contributed by atoms with Crippen molar-refractivity contribution in [1.29, 1.82) is 0 Å². The number of rotatable bonds is 6.